The van der Waals surface area contributed by atoms with Crippen molar-refractivity contribution in [1.82, 2.24) is 14.7 Å². The van der Waals surface area contributed by atoms with E-state index in [4.69, 9.17) is 4.74 Å². The third-order valence-electron chi connectivity index (χ3n) is 3.47. The van der Waals surface area contributed by atoms with E-state index in [1.807, 2.05) is 36.4 Å². The molecule has 118 valence electrons. The van der Waals surface area contributed by atoms with Crippen LogP contribution in [0.2, 0.25) is 0 Å². The topological polar surface area (TPSA) is 81.2 Å². The Hall–Kier alpha value is -2.51. The summed E-state index contributed by atoms with van der Waals surface area (Å²) in [5.74, 6) is 0.662. The Kier molecular flexibility index (Phi) is 4.50. The lowest BCUT2D eigenvalue weighted by molar-refractivity contribution is 0.413. The van der Waals surface area contributed by atoms with Crippen LogP contribution in [0, 0.1) is 0 Å². The summed E-state index contributed by atoms with van der Waals surface area (Å²) in [6.07, 6.45) is 3.40. The van der Waals surface area contributed by atoms with Gasteiger partial charge in [-0.1, -0.05) is 24.3 Å². The quantitative estimate of drug-likeness (QED) is 0.699. The smallest absolute Gasteiger partial charge is 0.201 e. The third-order valence-corrected chi connectivity index (χ3v) is 3.88. The van der Waals surface area contributed by atoms with E-state index in [1.54, 1.807) is 19.5 Å². The molecule has 0 unspecified atom stereocenters. The van der Waals surface area contributed by atoms with Gasteiger partial charge in [-0.2, -0.15) is 0 Å². The minimum absolute atomic E-state index is 0.283. The summed E-state index contributed by atoms with van der Waals surface area (Å²) < 4.78 is 28.7. The van der Waals surface area contributed by atoms with E-state index in [1.165, 1.54) is 0 Å². The van der Waals surface area contributed by atoms with E-state index in [9.17, 15) is 8.42 Å². The Bertz CT molecular complexity index is 900. The Labute approximate surface area is 135 Å². The Morgan fingerprint density at radius 2 is 1.91 bits per heavy atom. The number of hydrogen-bond donors (Lipinski definition) is 2. The van der Waals surface area contributed by atoms with E-state index in [-0.39, 0.29) is 6.54 Å². The van der Waals surface area contributed by atoms with E-state index >= 15 is 0 Å². The number of nitrogens with one attached hydrogen (secondary N) is 1. The highest BCUT2D eigenvalue weighted by Crippen LogP contribution is 2.27. The number of fused-ring (bicyclic) bond motifs is 1. The molecule has 0 aliphatic carbocycles. The van der Waals surface area contributed by atoms with Gasteiger partial charge in [0, 0.05) is 24.4 Å². The van der Waals surface area contributed by atoms with Gasteiger partial charge in [-0.25, -0.2) is 13.1 Å². The molecule has 0 bridgehead atoms. The number of pyridine rings is 2. The highest BCUT2D eigenvalue weighted by molar-refractivity contribution is 7.70. The number of aromatic nitrogens is 2. The fourth-order valence-corrected chi connectivity index (χ4v) is 2.63. The number of methoxy groups -OCH3 is 1. The van der Waals surface area contributed by atoms with Crippen molar-refractivity contribution in [2.45, 2.75) is 6.54 Å². The van der Waals surface area contributed by atoms with Crippen molar-refractivity contribution in [3.8, 4) is 16.9 Å². The van der Waals surface area contributed by atoms with Crippen LogP contribution in [0.1, 0.15) is 5.56 Å². The van der Waals surface area contributed by atoms with Crippen LogP contribution in [0.15, 0.2) is 48.8 Å². The number of rotatable bonds is 5. The molecule has 7 heteroatoms. The summed E-state index contributed by atoms with van der Waals surface area (Å²) in [5, 5.41) is 0. The summed E-state index contributed by atoms with van der Waals surface area (Å²) in [6.45, 7) is 0.283. The fraction of sp³-hybridized carbons (Fsp3) is 0.125. The maximum atomic E-state index is 10.6. The molecule has 23 heavy (non-hydrogen) atoms. The zero-order chi connectivity index (χ0) is 16.2. The second kappa shape index (κ2) is 6.72. The third kappa shape index (κ3) is 3.46. The van der Waals surface area contributed by atoms with Gasteiger partial charge in [0.2, 0.25) is 10.9 Å². The predicted molar refractivity (Wildman–Crippen MR) is 88.7 cm³/mol. The normalized spacial score (nSPS) is 11.0. The molecule has 0 amide bonds. The zero-order valence-electron chi connectivity index (χ0n) is 12.4. The van der Waals surface area contributed by atoms with Crippen LogP contribution in [-0.4, -0.2) is 25.5 Å². The summed E-state index contributed by atoms with van der Waals surface area (Å²) in [6, 6.07) is 11.4. The van der Waals surface area contributed by atoms with Crippen molar-refractivity contribution in [2.75, 3.05) is 7.11 Å². The lowest BCUT2D eigenvalue weighted by Gasteiger charge is -2.08. The Balaban J connectivity index is 1.96. The van der Waals surface area contributed by atoms with Gasteiger partial charge < -0.3 is 4.74 Å². The van der Waals surface area contributed by atoms with Crippen LogP contribution in [0.4, 0.5) is 0 Å². The highest BCUT2D eigenvalue weighted by Gasteiger charge is 2.07. The van der Waals surface area contributed by atoms with E-state index < -0.39 is 10.9 Å². The first-order valence-electron chi connectivity index (χ1n) is 6.93. The van der Waals surface area contributed by atoms with Gasteiger partial charge in [-0.3, -0.25) is 9.97 Å². The lowest BCUT2D eigenvalue weighted by Crippen LogP contribution is -2.09. The van der Waals surface area contributed by atoms with Crippen molar-refractivity contribution >= 4 is 21.9 Å². The molecule has 0 aliphatic rings. The second-order valence-corrected chi connectivity index (χ2v) is 5.72. The van der Waals surface area contributed by atoms with Gasteiger partial charge in [0.15, 0.2) is 0 Å². The predicted octanol–water partition coefficient (Wildman–Crippen LogP) is 1.92. The van der Waals surface area contributed by atoms with Crippen LogP contribution in [0.5, 0.6) is 5.75 Å². The van der Waals surface area contributed by atoms with Crippen molar-refractivity contribution in [2.24, 2.45) is 0 Å². The van der Waals surface area contributed by atoms with E-state index in [2.05, 4.69) is 14.7 Å². The highest BCUT2D eigenvalue weighted by atomic mass is 32.2. The van der Waals surface area contributed by atoms with Gasteiger partial charge in [0.05, 0.1) is 24.3 Å². The van der Waals surface area contributed by atoms with Gasteiger partial charge in [-0.05, 0) is 17.2 Å². The molecule has 1 aromatic carbocycles. The molecule has 3 aromatic rings. The molecular weight excluding hydrogens is 314 g/mol. The second-order valence-electron chi connectivity index (χ2n) is 4.89. The molecule has 0 spiro atoms. The average Bonchev–Trinajstić information content (AvgIpc) is 2.59. The number of nitrogens with zero attached hydrogens (tertiary/aromatic N) is 2. The molecule has 0 aliphatic heterocycles. The first-order chi connectivity index (χ1) is 11.2. The average molecular weight is 329 g/mol. The Morgan fingerprint density at radius 3 is 2.61 bits per heavy atom. The largest absolute Gasteiger partial charge is 0.495 e. The molecular formula is C16H15N3O3S. The minimum atomic E-state index is -2.58. The first-order valence-corrected chi connectivity index (χ1v) is 8.11. The van der Waals surface area contributed by atoms with Crippen LogP contribution < -0.4 is 9.46 Å². The van der Waals surface area contributed by atoms with Crippen molar-refractivity contribution in [3.63, 3.8) is 0 Å². The van der Waals surface area contributed by atoms with E-state index in [0.29, 0.717) is 5.75 Å². The van der Waals surface area contributed by atoms with Crippen molar-refractivity contribution in [3.05, 3.63) is 54.4 Å². The van der Waals surface area contributed by atoms with Crippen LogP contribution in [0.25, 0.3) is 22.2 Å². The number of thiol groups is 1. The lowest BCUT2D eigenvalue weighted by atomic mass is 10.0. The summed E-state index contributed by atoms with van der Waals surface area (Å²) in [4.78, 5) is 8.75. The van der Waals surface area contributed by atoms with Gasteiger partial charge in [-0.15, -0.1) is 0 Å². The fourth-order valence-electron chi connectivity index (χ4n) is 2.31. The van der Waals surface area contributed by atoms with E-state index in [0.717, 1.165) is 27.7 Å². The van der Waals surface area contributed by atoms with Crippen LogP contribution in [-0.2, 0) is 17.4 Å². The molecule has 0 radical (unpaired) electrons. The van der Waals surface area contributed by atoms with Gasteiger partial charge in [0.25, 0.3) is 0 Å². The van der Waals surface area contributed by atoms with Crippen LogP contribution >= 0.6 is 0 Å². The van der Waals surface area contributed by atoms with Gasteiger partial charge >= 0.3 is 0 Å². The number of benzene rings is 1. The molecule has 2 heterocycles. The monoisotopic (exact) mass is 329 g/mol. The van der Waals surface area contributed by atoms with Crippen molar-refractivity contribution in [1.29, 1.82) is 0 Å². The standard InChI is InChI=1S/C16H15N3O3S/c1-22-13-8-15-16(18-10-13)14(6-7-17-15)12-4-2-11(3-5-12)9-19-23(20)21/h2-8,10,23H,9H2,1H3,(H,19,20,21). The summed E-state index contributed by atoms with van der Waals surface area (Å²) >= 11 is 0. The van der Waals surface area contributed by atoms with Crippen molar-refractivity contribution < 1.29 is 13.2 Å². The first kappa shape index (κ1) is 15.4. The summed E-state index contributed by atoms with van der Waals surface area (Å²) in [7, 11) is -0.992. The number of hydrogen-bond acceptors (Lipinski definition) is 5. The maximum Gasteiger partial charge on any atom is 0.201 e. The Morgan fingerprint density at radius 1 is 1.13 bits per heavy atom. The molecule has 0 atom stereocenters. The number of ether oxygens (including phenoxy) is 1. The SMILES string of the molecule is COc1cnc2c(-c3ccc(CN[SH](=O)=O)cc3)ccnc2c1. The maximum absolute atomic E-state index is 10.6. The molecule has 0 saturated carbocycles. The molecule has 1 N–H and O–H groups in total. The molecule has 0 saturated heterocycles. The molecule has 6 nitrogen and oxygen atoms in total. The zero-order valence-corrected chi connectivity index (χ0v) is 13.3. The summed E-state index contributed by atoms with van der Waals surface area (Å²) in [5.41, 5.74) is 4.40. The van der Waals surface area contributed by atoms with Gasteiger partial charge in [0.1, 0.15) is 5.75 Å². The molecule has 3 rings (SSSR count). The molecule has 2 aromatic heterocycles. The minimum Gasteiger partial charge on any atom is -0.495 e. The van der Waals surface area contributed by atoms with Crippen LogP contribution in [0.3, 0.4) is 0 Å². The molecule has 0 fully saturated rings.